The van der Waals surface area contributed by atoms with Crippen LogP contribution in [-0.4, -0.2) is 24.0 Å². The van der Waals surface area contributed by atoms with Crippen LogP contribution in [0.4, 0.5) is 0 Å². The van der Waals surface area contributed by atoms with Crippen molar-refractivity contribution in [1.82, 2.24) is 10.1 Å². The number of methoxy groups -OCH3 is 1. The van der Waals surface area contributed by atoms with Gasteiger partial charge in [-0.15, -0.1) is 0 Å². The highest BCUT2D eigenvalue weighted by Crippen LogP contribution is 2.43. The summed E-state index contributed by atoms with van der Waals surface area (Å²) < 4.78 is 21.1. The van der Waals surface area contributed by atoms with Crippen molar-refractivity contribution in [1.29, 1.82) is 0 Å². The molecule has 1 aliphatic rings. The number of nitrogens with two attached hydrogens (primary N) is 1. The third-order valence-electron chi connectivity index (χ3n) is 2.78. The topological polar surface area (TPSA) is 92.6 Å². The molecule has 0 spiro atoms. The third kappa shape index (κ3) is 2.02. The van der Waals surface area contributed by atoms with Crippen molar-refractivity contribution < 1.29 is 18.7 Å². The largest absolute Gasteiger partial charge is 0.453 e. The molecule has 0 amide bonds. The SMILES string of the molecule is COCc1ccc(-c2noc(CN)n2)c2c1OCO2. The number of fused-ring (bicyclic) bond motifs is 1. The average molecular weight is 263 g/mol. The van der Waals surface area contributed by atoms with Gasteiger partial charge in [-0.25, -0.2) is 0 Å². The van der Waals surface area contributed by atoms with E-state index in [4.69, 9.17) is 24.5 Å². The maximum absolute atomic E-state index is 5.48. The van der Waals surface area contributed by atoms with Gasteiger partial charge >= 0.3 is 0 Å². The fraction of sp³-hybridized carbons (Fsp3) is 0.333. The maximum Gasteiger partial charge on any atom is 0.240 e. The summed E-state index contributed by atoms with van der Waals surface area (Å²) >= 11 is 0. The molecule has 19 heavy (non-hydrogen) atoms. The first kappa shape index (κ1) is 11.9. The zero-order valence-electron chi connectivity index (χ0n) is 10.4. The van der Waals surface area contributed by atoms with Gasteiger partial charge in [-0.3, -0.25) is 0 Å². The van der Waals surface area contributed by atoms with Crippen LogP contribution >= 0.6 is 0 Å². The van der Waals surface area contributed by atoms with E-state index in [0.717, 1.165) is 11.1 Å². The summed E-state index contributed by atoms with van der Waals surface area (Å²) in [5, 5.41) is 3.88. The number of ether oxygens (including phenoxy) is 3. The predicted molar refractivity (Wildman–Crippen MR) is 64.5 cm³/mol. The average Bonchev–Trinajstić information content (AvgIpc) is 3.08. The molecule has 1 aromatic heterocycles. The van der Waals surface area contributed by atoms with Gasteiger partial charge in [0.05, 0.1) is 18.7 Å². The van der Waals surface area contributed by atoms with Crippen molar-refractivity contribution in [2.24, 2.45) is 5.73 Å². The predicted octanol–water partition coefficient (Wildman–Crippen LogP) is 1.07. The van der Waals surface area contributed by atoms with Gasteiger partial charge < -0.3 is 24.5 Å². The first-order valence-electron chi connectivity index (χ1n) is 5.77. The Morgan fingerprint density at radius 1 is 1.32 bits per heavy atom. The number of rotatable bonds is 4. The summed E-state index contributed by atoms with van der Waals surface area (Å²) in [5.41, 5.74) is 7.09. The van der Waals surface area contributed by atoms with Crippen LogP contribution in [0.5, 0.6) is 11.5 Å². The molecule has 7 heteroatoms. The Labute approximate surface area is 109 Å². The zero-order valence-corrected chi connectivity index (χ0v) is 10.4. The van der Waals surface area contributed by atoms with E-state index in [0.29, 0.717) is 29.8 Å². The van der Waals surface area contributed by atoms with E-state index in [2.05, 4.69) is 10.1 Å². The number of benzene rings is 1. The third-order valence-corrected chi connectivity index (χ3v) is 2.78. The lowest BCUT2D eigenvalue weighted by atomic mass is 10.1. The minimum Gasteiger partial charge on any atom is -0.453 e. The van der Waals surface area contributed by atoms with E-state index in [9.17, 15) is 0 Å². The van der Waals surface area contributed by atoms with Crippen molar-refractivity contribution in [3.8, 4) is 22.9 Å². The summed E-state index contributed by atoms with van der Waals surface area (Å²) in [4.78, 5) is 4.18. The molecule has 0 fully saturated rings. The summed E-state index contributed by atoms with van der Waals surface area (Å²) in [6, 6.07) is 3.75. The molecule has 0 unspecified atom stereocenters. The first-order valence-corrected chi connectivity index (χ1v) is 5.77. The van der Waals surface area contributed by atoms with Gasteiger partial charge in [-0.1, -0.05) is 11.2 Å². The fourth-order valence-electron chi connectivity index (χ4n) is 1.94. The minimum atomic E-state index is 0.171. The normalized spacial score (nSPS) is 12.9. The Balaban J connectivity index is 2.05. The summed E-state index contributed by atoms with van der Waals surface area (Å²) in [6.07, 6.45) is 0. The van der Waals surface area contributed by atoms with Gasteiger partial charge in [0.2, 0.25) is 18.5 Å². The lowest BCUT2D eigenvalue weighted by molar-refractivity contribution is 0.163. The Morgan fingerprint density at radius 2 is 2.16 bits per heavy atom. The monoisotopic (exact) mass is 263 g/mol. The van der Waals surface area contributed by atoms with Gasteiger partial charge in [0.25, 0.3) is 0 Å². The van der Waals surface area contributed by atoms with E-state index in [1.54, 1.807) is 7.11 Å². The summed E-state index contributed by atoms with van der Waals surface area (Å²) in [5.74, 6) is 2.09. The van der Waals surface area contributed by atoms with Gasteiger partial charge in [-0.2, -0.15) is 4.98 Å². The molecule has 2 aromatic rings. The molecule has 0 saturated carbocycles. The van der Waals surface area contributed by atoms with E-state index in [-0.39, 0.29) is 13.3 Å². The molecule has 0 saturated heterocycles. The second-order valence-electron chi connectivity index (χ2n) is 3.99. The van der Waals surface area contributed by atoms with Gasteiger partial charge in [0.15, 0.2) is 11.5 Å². The van der Waals surface area contributed by atoms with Gasteiger partial charge in [0.1, 0.15) is 0 Å². The highest BCUT2D eigenvalue weighted by molar-refractivity contribution is 5.71. The lowest BCUT2D eigenvalue weighted by Gasteiger charge is -2.06. The van der Waals surface area contributed by atoms with Crippen LogP contribution in [0.15, 0.2) is 16.7 Å². The Hall–Kier alpha value is -2.12. The van der Waals surface area contributed by atoms with Crippen LogP contribution < -0.4 is 15.2 Å². The smallest absolute Gasteiger partial charge is 0.240 e. The van der Waals surface area contributed by atoms with Crippen molar-refractivity contribution in [2.75, 3.05) is 13.9 Å². The number of nitrogens with zero attached hydrogens (tertiary/aromatic N) is 2. The molecule has 100 valence electrons. The molecule has 0 aliphatic carbocycles. The molecule has 1 aliphatic heterocycles. The van der Waals surface area contributed by atoms with Crippen LogP contribution in [0.25, 0.3) is 11.4 Å². The summed E-state index contributed by atoms with van der Waals surface area (Å²) in [7, 11) is 1.63. The molecular weight excluding hydrogens is 250 g/mol. The van der Waals surface area contributed by atoms with Gasteiger partial charge in [0, 0.05) is 12.7 Å². The number of hydrogen-bond donors (Lipinski definition) is 1. The first-order chi connectivity index (χ1) is 9.33. The Bertz CT molecular complexity index is 597. The molecule has 0 bridgehead atoms. The second-order valence-corrected chi connectivity index (χ2v) is 3.99. The van der Waals surface area contributed by atoms with Gasteiger partial charge in [-0.05, 0) is 6.07 Å². The second kappa shape index (κ2) is 4.87. The Morgan fingerprint density at radius 3 is 2.89 bits per heavy atom. The minimum absolute atomic E-state index is 0.171. The molecular formula is C12H13N3O4. The van der Waals surface area contributed by atoms with E-state index in [1.165, 1.54) is 0 Å². The molecule has 2 N–H and O–H groups in total. The zero-order chi connectivity index (χ0) is 13.2. The van der Waals surface area contributed by atoms with E-state index >= 15 is 0 Å². The van der Waals surface area contributed by atoms with Crippen LogP contribution in [-0.2, 0) is 17.9 Å². The number of hydrogen-bond acceptors (Lipinski definition) is 7. The van der Waals surface area contributed by atoms with Crippen molar-refractivity contribution in [2.45, 2.75) is 13.2 Å². The van der Waals surface area contributed by atoms with Crippen molar-refractivity contribution in [3.05, 3.63) is 23.6 Å². The Kier molecular flexibility index (Phi) is 3.06. The maximum atomic E-state index is 5.48. The molecule has 3 rings (SSSR count). The molecule has 1 aromatic carbocycles. The number of aromatic nitrogens is 2. The van der Waals surface area contributed by atoms with Crippen LogP contribution in [0.2, 0.25) is 0 Å². The highest BCUT2D eigenvalue weighted by atomic mass is 16.7. The molecule has 0 radical (unpaired) electrons. The lowest BCUT2D eigenvalue weighted by Crippen LogP contribution is -1.96. The highest BCUT2D eigenvalue weighted by Gasteiger charge is 2.24. The standard InChI is InChI=1S/C12H13N3O4/c1-16-5-7-2-3-8(11-10(7)17-6-18-11)12-14-9(4-13)19-15-12/h2-3H,4-6,13H2,1H3. The molecule has 2 heterocycles. The van der Waals surface area contributed by atoms with Crippen LogP contribution in [0, 0.1) is 0 Å². The van der Waals surface area contributed by atoms with Crippen molar-refractivity contribution in [3.63, 3.8) is 0 Å². The fourth-order valence-corrected chi connectivity index (χ4v) is 1.94. The van der Waals surface area contributed by atoms with E-state index in [1.807, 2.05) is 12.1 Å². The molecule has 7 nitrogen and oxygen atoms in total. The molecule has 0 atom stereocenters. The summed E-state index contributed by atoms with van der Waals surface area (Å²) in [6.45, 7) is 0.825. The quantitative estimate of drug-likeness (QED) is 0.881. The van der Waals surface area contributed by atoms with Crippen LogP contribution in [0.3, 0.4) is 0 Å². The van der Waals surface area contributed by atoms with Crippen molar-refractivity contribution >= 4 is 0 Å². The van der Waals surface area contributed by atoms with Crippen LogP contribution in [0.1, 0.15) is 11.5 Å². The van der Waals surface area contributed by atoms with E-state index < -0.39 is 0 Å².